The van der Waals surface area contributed by atoms with Gasteiger partial charge in [0.05, 0.1) is 16.3 Å². The third-order valence-electron chi connectivity index (χ3n) is 6.75. The van der Waals surface area contributed by atoms with Gasteiger partial charge in [0.2, 0.25) is 15.9 Å². The Morgan fingerprint density at radius 1 is 0.868 bits per heavy atom. The van der Waals surface area contributed by atoms with Crippen LogP contribution in [0.5, 0.6) is 0 Å². The molecule has 1 fully saturated rings. The summed E-state index contributed by atoms with van der Waals surface area (Å²) in [4.78, 5) is 12.9. The third kappa shape index (κ3) is 7.21. The van der Waals surface area contributed by atoms with E-state index in [-0.39, 0.29) is 22.5 Å². The predicted molar refractivity (Wildman–Crippen MR) is 150 cm³/mol. The van der Waals surface area contributed by atoms with Crippen LogP contribution in [0.1, 0.15) is 30.4 Å². The second kappa shape index (κ2) is 12.1. The molecule has 202 valence electrons. The molecule has 1 aliphatic heterocycles. The summed E-state index contributed by atoms with van der Waals surface area (Å²) in [5.41, 5.74) is 2.92. The Balaban J connectivity index is 1.26. The van der Waals surface area contributed by atoms with E-state index in [4.69, 9.17) is 0 Å². The van der Waals surface area contributed by atoms with Crippen molar-refractivity contribution < 1.29 is 21.6 Å². The summed E-state index contributed by atoms with van der Waals surface area (Å²) in [6.07, 6.45) is 2.15. The molecule has 0 saturated carbocycles. The topological polar surface area (TPSA) is 113 Å². The molecule has 38 heavy (non-hydrogen) atoms. The van der Waals surface area contributed by atoms with Gasteiger partial charge in [0.25, 0.3) is 10.0 Å². The first-order chi connectivity index (χ1) is 18.1. The van der Waals surface area contributed by atoms with Crippen LogP contribution in [-0.2, 0) is 31.3 Å². The van der Waals surface area contributed by atoms with Crippen LogP contribution >= 0.6 is 0 Å². The largest absolute Gasteiger partial charge is 0.326 e. The van der Waals surface area contributed by atoms with Crippen molar-refractivity contribution in [3.05, 3.63) is 90.0 Å². The number of sulfonamides is 2. The molecule has 1 amide bonds. The molecule has 8 nitrogen and oxygen atoms in total. The highest BCUT2D eigenvalue weighted by molar-refractivity contribution is 7.92. The average molecular weight is 556 g/mol. The molecule has 0 aliphatic carbocycles. The standard InChI is InChI=1S/C28H33N3O5S2/c1-22-8-5-6-12-27(22)30-38(35,36)26-15-13-25(14-16-26)29-28(32)24-17-19-31(20-18-24)37(33,34)21-7-11-23-9-3-2-4-10-23/h2-6,8-10,12-16,24,30H,7,11,17-21H2,1H3,(H,29,32). The first-order valence-electron chi connectivity index (χ1n) is 12.7. The van der Waals surface area contributed by atoms with Crippen molar-refractivity contribution in [2.45, 2.75) is 37.5 Å². The van der Waals surface area contributed by atoms with E-state index in [0.717, 1.165) is 11.1 Å². The van der Waals surface area contributed by atoms with E-state index in [1.54, 1.807) is 24.3 Å². The minimum absolute atomic E-state index is 0.0875. The number of hydrogen-bond acceptors (Lipinski definition) is 5. The van der Waals surface area contributed by atoms with Crippen LogP contribution in [0.3, 0.4) is 0 Å². The van der Waals surface area contributed by atoms with Gasteiger partial charge in [0.15, 0.2) is 0 Å². The fourth-order valence-corrected chi connectivity index (χ4v) is 7.15. The van der Waals surface area contributed by atoms with E-state index in [9.17, 15) is 21.6 Å². The molecule has 3 aromatic rings. The summed E-state index contributed by atoms with van der Waals surface area (Å²) in [5, 5.41) is 2.83. The molecule has 4 rings (SSSR count). The molecule has 1 aliphatic rings. The van der Waals surface area contributed by atoms with Crippen molar-refractivity contribution in [3.63, 3.8) is 0 Å². The van der Waals surface area contributed by atoms with Crippen LogP contribution < -0.4 is 10.0 Å². The maximum Gasteiger partial charge on any atom is 0.261 e. The van der Waals surface area contributed by atoms with Gasteiger partial charge in [0.1, 0.15) is 0 Å². The Labute approximate surface area is 225 Å². The highest BCUT2D eigenvalue weighted by atomic mass is 32.2. The molecule has 0 aromatic heterocycles. The molecule has 2 N–H and O–H groups in total. The van der Waals surface area contributed by atoms with Gasteiger partial charge in [0, 0.05) is 24.7 Å². The lowest BCUT2D eigenvalue weighted by Crippen LogP contribution is -2.42. The number of carbonyl (C=O) groups excluding carboxylic acids is 1. The SMILES string of the molecule is Cc1ccccc1NS(=O)(=O)c1ccc(NC(=O)C2CCN(S(=O)(=O)CCCc3ccccc3)CC2)cc1. The van der Waals surface area contributed by atoms with Gasteiger partial charge in [-0.2, -0.15) is 0 Å². The number of para-hydroxylation sites is 1. The Kier molecular flexibility index (Phi) is 8.86. The number of benzene rings is 3. The van der Waals surface area contributed by atoms with Gasteiger partial charge in [-0.1, -0.05) is 48.5 Å². The molecule has 1 heterocycles. The molecular weight excluding hydrogens is 522 g/mol. The summed E-state index contributed by atoms with van der Waals surface area (Å²) in [7, 11) is -7.14. The first-order valence-corrected chi connectivity index (χ1v) is 15.7. The lowest BCUT2D eigenvalue weighted by atomic mass is 9.97. The quantitative estimate of drug-likeness (QED) is 0.385. The molecule has 3 aromatic carbocycles. The molecule has 1 saturated heterocycles. The number of aryl methyl sites for hydroxylation is 2. The Morgan fingerprint density at radius 3 is 2.16 bits per heavy atom. The Hall–Kier alpha value is -3.21. The van der Waals surface area contributed by atoms with Crippen LogP contribution in [0.25, 0.3) is 0 Å². The smallest absolute Gasteiger partial charge is 0.261 e. The van der Waals surface area contributed by atoms with Crippen molar-refractivity contribution >= 4 is 37.3 Å². The van der Waals surface area contributed by atoms with Crippen molar-refractivity contribution in [1.82, 2.24) is 4.31 Å². The van der Waals surface area contributed by atoms with E-state index in [1.807, 2.05) is 49.4 Å². The number of carbonyl (C=O) groups is 1. The highest BCUT2D eigenvalue weighted by Gasteiger charge is 2.31. The number of piperidine rings is 1. The predicted octanol–water partition coefficient (Wildman–Crippen LogP) is 4.41. The van der Waals surface area contributed by atoms with Crippen molar-refractivity contribution in [3.8, 4) is 0 Å². The Bertz CT molecular complexity index is 1450. The number of rotatable bonds is 10. The van der Waals surface area contributed by atoms with Crippen LogP contribution in [0.4, 0.5) is 11.4 Å². The molecule has 10 heteroatoms. The minimum atomic E-state index is -3.77. The van der Waals surface area contributed by atoms with Gasteiger partial charge in [-0.15, -0.1) is 0 Å². The van der Waals surface area contributed by atoms with Crippen LogP contribution in [-0.4, -0.2) is 45.9 Å². The van der Waals surface area contributed by atoms with E-state index in [2.05, 4.69) is 10.0 Å². The van der Waals surface area contributed by atoms with Gasteiger partial charge >= 0.3 is 0 Å². The summed E-state index contributed by atoms with van der Waals surface area (Å²) < 4.78 is 55.1. The molecule has 0 radical (unpaired) electrons. The van der Waals surface area contributed by atoms with Crippen molar-refractivity contribution in [2.75, 3.05) is 28.9 Å². The molecule has 0 spiro atoms. The van der Waals surface area contributed by atoms with Crippen molar-refractivity contribution in [2.24, 2.45) is 5.92 Å². The third-order valence-corrected chi connectivity index (χ3v) is 10.1. The normalized spacial score (nSPS) is 15.2. The molecular formula is C28H33N3O5S2. The second-order valence-corrected chi connectivity index (χ2v) is 13.3. The zero-order chi connectivity index (χ0) is 27.2. The summed E-state index contributed by atoms with van der Waals surface area (Å²) in [5.74, 6) is -0.413. The van der Waals surface area contributed by atoms with Gasteiger partial charge in [-0.3, -0.25) is 9.52 Å². The fraction of sp³-hybridized carbons (Fsp3) is 0.321. The summed E-state index contributed by atoms with van der Waals surface area (Å²) in [6.45, 7) is 2.45. The Morgan fingerprint density at radius 2 is 1.50 bits per heavy atom. The number of nitrogens with one attached hydrogen (secondary N) is 2. The summed E-state index contributed by atoms with van der Waals surface area (Å²) >= 11 is 0. The molecule has 0 unspecified atom stereocenters. The van der Waals surface area contributed by atoms with Crippen LogP contribution in [0.15, 0.2) is 83.8 Å². The van der Waals surface area contributed by atoms with E-state index in [1.165, 1.54) is 16.4 Å². The van der Waals surface area contributed by atoms with Gasteiger partial charge in [-0.05, 0) is 74.1 Å². The first kappa shape index (κ1) is 27.8. The second-order valence-electron chi connectivity index (χ2n) is 9.51. The number of hydrogen-bond donors (Lipinski definition) is 2. The maximum atomic E-state index is 12.8. The van der Waals surface area contributed by atoms with Crippen molar-refractivity contribution in [1.29, 1.82) is 0 Å². The lowest BCUT2D eigenvalue weighted by molar-refractivity contribution is -0.120. The minimum Gasteiger partial charge on any atom is -0.326 e. The number of anilines is 2. The zero-order valence-corrected chi connectivity index (χ0v) is 23.0. The van der Waals surface area contributed by atoms with Crippen LogP contribution in [0.2, 0.25) is 0 Å². The average Bonchev–Trinajstić information content (AvgIpc) is 2.91. The maximum absolute atomic E-state index is 12.8. The van der Waals surface area contributed by atoms with Gasteiger partial charge < -0.3 is 5.32 Å². The lowest BCUT2D eigenvalue weighted by Gasteiger charge is -2.30. The number of amides is 1. The zero-order valence-electron chi connectivity index (χ0n) is 21.3. The monoisotopic (exact) mass is 555 g/mol. The van der Waals surface area contributed by atoms with Gasteiger partial charge in [-0.25, -0.2) is 21.1 Å². The molecule has 0 atom stereocenters. The van der Waals surface area contributed by atoms with E-state index >= 15 is 0 Å². The molecule has 0 bridgehead atoms. The number of nitrogens with zero attached hydrogens (tertiary/aromatic N) is 1. The fourth-order valence-electron chi connectivity index (χ4n) is 4.48. The van der Waals surface area contributed by atoms with E-state index in [0.29, 0.717) is 50.1 Å². The summed E-state index contributed by atoms with van der Waals surface area (Å²) in [6, 6.07) is 22.9. The van der Waals surface area contributed by atoms with E-state index < -0.39 is 20.0 Å². The highest BCUT2D eigenvalue weighted by Crippen LogP contribution is 2.24. The van der Waals surface area contributed by atoms with Crippen LogP contribution in [0, 0.1) is 12.8 Å².